The summed E-state index contributed by atoms with van der Waals surface area (Å²) in [4.78, 5) is 49.0. The predicted octanol–water partition coefficient (Wildman–Crippen LogP) is 3.31. The number of benzene rings is 1. The minimum Gasteiger partial charge on any atom is -0.444 e. The maximum Gasteiger partial charge on any atom is 0.410 e. The Morgan fingerprint density at radius 2 is 2.00 bits per heavy atom. The number of rotatable bonds is 3. The second-order valence-electron chi connectivity index (χ2n) is 10.5. The molecule has 0 aliphatic carbocycles. The van der Waals surface area contributed by atoms with Crippen LogP contribution in [0.4, 0.5) is 16.3 Å². The third kappa shape index (κ3) is 5.15. The van der Waals surface area contributed by atoms with Crippen LogP contribution in [0.3, 0.4) is 0 Å². The Morgan fingerprint density at radius 3 is 2.78 bits per heavy atom. The maximum atomic E-state index is 13.4. The molecule has 0 saturated carbocycles. The largest absolute Gasteiger partial charge is 0.444 e. The fraction of sp³-hybridized carbons (Fsp3) is 0.407. The first kappa shape index (κ1) is 24.8. The minimum atomic E-state index is -0.589. The summed E-state index contributed by atoms with van der Waals surface area (Å²) in [7, 11) is 0. The predicted molar refractivity (Wildman–Crippen MR) is 140 cm³/mol. The Labute approximate surface area is 214 Å². The molecule has 5 rings (SSSR count). The molecule has 37 heavy (non-hydrogen) atoms. The molecule has 0 spiro atoms. The van der Waals surface area contributed by atoms with Gasteiger partial charge >= 0.3 is 6.09 Å². The molecule has 2 atom stereocenters. The van der Waals surface area contributed by atoms with Gasteiger partial charge in [-0.3, -0.25) is 9.59 Å². The van der Waals surface area contributed by atoms with E-state index in [1.165, 1.54) is 6.07 Å². The number of aromatic amines is 1. The zero-order valence-corrected chi connectivity index (χ0v) is 21.4. The number of fused-ring (bicyclic) bond motifs is 2. The van der Waals surface area contributed by atoms with Crippen molar-refractivity contribution in [1.29, 1.82) is 0 Å². The van der Waals surface area contributed by atoms with Crippen LogP contribution >= 0.6 is 0 Å². The van der Waals surface area contributed by atoms with E-state index in [0.717, 1.165) is 10.9 Å². The second kappa shape index (κ2) is 9.51. The summed E-state index contributed by atoms with van der Waals surface area (Å²) in [5.74, 6) is 0.250. The molecule has 2 aromatic heterocycles. The summed E-state index contributed by atoms with van der Waals surface area (Å²) in [5.41, 5.74) is 1.82. The molecular weight excluding hydrogens is 474 g/mol. The van der Waals surface area contributed by atoms with Gasteiger partial charge in [0.15, 0.2) is 0 Å². The Kier molecular flexibility index (Phi) is 6.36. The lowest BCUT2D eigenvalue weighted by Gasteiger charge is -2.38. The topological polar surface area (TPSA) is 117 Å². The van der Waals surface area contributed by atoms with Crippen LogP contribution in [-0.4, -0.2) is 70.9 Å². The normalized spacial score (nSPS) is 19.6. The smallest absolute Gasteiger partial charge is 0.410 e. The van der Waals surface area contributed by atoms with E-state index in [-0.39, 0.29) is 29.7 Å². The van der Waals surface area contributed by atoms with Crippen LogP contribution in [0.2, 0.25) is 0 Å². The van der Waals surface area contributed by atoms with E-state index >= 15 is 0 Å². The highest BCUT2D eigenvalue weighted by atomic mass is 16.6. The lowest BCUT2D eigenvalue weighted by molar-refractivity contribution is 0.0162. The monoisotopic (exact) mass is 505 g/mol. The van der Waals surface area contributed by atoms with Gasteiger partial charge in [0.05, 0.1) is 30.9 Å². The van der Waals surface area contributed by atoms with E-state index in [2.05, 4.69) is 20.2 Å². The van der Waals surface area contributed by atoms with Crippen molar-refractivity contribution in [1.82, 2.24) is 14.9 Å². The number of H-pyrrole nitrogens is 1. The molecular formula is C27H31N5O5. The van der Waals surface area contributed by atoms with Crippen LogP contribution in [0.25, 0.3) is 10.9 Å². The lowest BCUT2D eigenvalue weighted by Crippen LogP contribution is -2.51. The maximum absolute atomic E-state index is 13.4. The third-order valence-corrected chi connectivity index (χ3v) is 6.56. The molecule has 2 aliphatic rings. The summed E-state index contributed by atoms with van der Waals surface area (Å²) in [6, 6.07) is 10.2. The molecule has 10 heteroatoms. The van der Waals surface area contributed by atoms with Gasteiger partial charge in [-0.1, -0.05) is 0 Å². The number of morpholine rings is 1. The molecule has 0 radical (unpaired) electrons. The van der Waals surface area contributed by atoms with Crippen molar-refractivity contribution < 1.29 is 19.1 Å². The van der Waals surface area contributed by atoms with Crippen molar-refractivity contribution in [2.45, 2.75) is 45.4 Å². The number of carbonyl (C=O) groups is 2. The highest BCUT2D eigenvalue weighted by Crippen LogP contribution is 2.30. The zero-order valence-electron chi connectivity index (χ0n) is 21.4. The van der Waals surface area contributed by atoms with Crippen molar-refractivity contribution in [3.8, 4) is 0 Å². The molecule has 2 amide bonds. The minimum absolute atomic E-state index is 0.150. The van der Waals surface area contributed by atoms with Gasteiger partial charge < -0.3 is 29.6 Å². The number of pyridine rings is 2. The van der Waals surface area contributed by atoms with E-state index < -0.39 is 5.60 Å². The number of likely N-dealkylation sites (tertiary alicyclic amines) is 1. The van der Waals surface area contributed by atoms with Gasteiger partial charge in [-0.05, 0) is 63.6 Å². The molecule has 194 valence electrons. The van der Waals surface area contributed by atoms with E-state index in [1.807, 2.05) is 33.8 Å². The van der Waals surface area contributed by atoms with Crippen LogP contribution in [0.5, 0.6) is 0 Å². The Bertz CT molecular complexity index is 1410. The SMILES string of the molecule is Cc1cc(=O)[nH]c2ccc(NC(=O)c3cccnc3N3CCOC4CN(C(=O)OC(C)(C)C)CC43)cc12. The summed E-state index contributed by atoms with van der Waals surface area (Å²) >= 11 is 0. The fourth-order valence-corrected chi connectivity index (χ4v) is 4.93. The van der Waals surface area contributed by atoms with E-state index in [4.69, 9.17) is 9.47 Å². The first-order valence-electron chi connectivity index (χ1n) is 12.4. The summed E-state index contributed by atoms with van der Waals surface area (Å²) < 4.78 is 11.5. The average Bonchev–Trinajstić information content (AvgIpc) is 3.28. The Balaban J connectivity index is 1.38. The van der Waals surface area contributed by atoms with Crippen molar-refractivity contribution in [2.24, 2.45) is 0 Å². The number of aromatic nitrogens is 2. The first-order valence-corrected chi connectivity index (χ1v) is 12.4. The van der Waals surface area contributed by atoms with E-state index in [9.17, 15) is 14.4 Å². The van der Waals surface area contributed by atoms with Crippen molar-refractivity contribution in [3.05, 3.63) is 64.1 Å². The molecule has 10 nitrogen and oxygen atoms in total. The fourth-order valence-electron chi connectivity index (χ4n) is 4.93. The quantitative estimate of drug-likeness (QED) is 0.561. The standard InChI is InChI=1S/C27H31N5O5/c1-16-12-23(33)30-20-8-7-17(13-19(16)20)29-25(34)18-6-5-9-28-24(18)32-10-11-36-22-15-31(14-21(22)32)26(35)37-27(2,3)4/h5-9,12-13,21-22H,10-11,14-15H2,1-4H3,(H,29,34)(H,30,33). The molecule has 4 heterocycles. The van der Waals surface area contributed by atoms with E-state index in [0.29, 0.717) is 48.8 Å². The zero-order chi connectivity index (χ0) is 26.3. The van der Waals surface area contributed by atoms with Gasteiger partial charge in [0, 0.05) is 41.9 Å². The van der Waals surface area contributed by atoms with E-state index in [1.54, 1.807) is 35.4 Å². The number of carbonyl (C=O) groups excluding carboxylic acids is 2. The molecule has 2 N–H and O–H groups in total. The van der Waals surface area contributed by atoms with Gasteiger partial charge in [-0.25, -0.2) is 9.78 Å². The molecule has 2 aliphatic heterocycles. The summed E-state index contributed by atoms with van der Waals surface area (Å²) in [5, 5.41) is 3.83. The van der Waals surface area contributed by atoms with Crippen LogP contribution in [-0.2, 0) is 9.47 Å². The number of amides is 2. The number of hydrogen-bond donors (Lipinski definition) is 2. The van der Waals surface area contributed by atoms with Gasteiger partial charge in [0.1, 0.15) is 11.4 Å². The third-order valence-electron chi connectivity index (χ3n) is 6.56. The van der Waals surface area contributed by atoms with Gasteiger partial charge in [-0.2, -0.15) is 0 Å². The Morgan fingerprint density at radius 1 is 1.19 bits per heavy atom. The molecule has 2 fully saturated rings. The molecule has 2 unspecified atom stereocenters. The van der Waals surface area contributed by atoms with Crippen LogP contribution < -0.4 is 15.8 Å². The number of ether oxygens (including phenoxy) is 2. The Hall–Kier alpha value is -3.92. The van der Waals surface area contributed by atoms with Crippen LogP contribution in [0.1, 0.15) is 36.7 Å². The number of hydrogen-bond acceptors (Lipinski definition) is 7. The van der Waals surface area contributed by atoms with Crippen molar-refractivity contribution in [2.75, 3.05) is 36.5 Å². The average molecular weight is 506 g/mol. The van der Waals surface area contributed by atoms with Gasteiger partial charge in [0.25, 0.3) is 5.91 Å². The lowest BCUT2D eigenvalue weighted by atomic mass is 10.1. The van der Waals surface area contributed by atoms with Gasteiger partial charge in [0.2, 0.25) is 5.56 Å². The number of anilines is 2. The highest BCUT2D eigenvalue weighted by Gasteiger charge is 2.44. The molecule has 3 aromatic rings. The molecule has 2 saturated heterocycles. The second-order valence-corrected chi connectivity index (χ2v) is 10.5. The number of nitrogens with zero attached hydrogens (tertiary/aromatic N) is 3. The van der Waals surface area contributed by atoms with Crippen LogP contribution in [0.15, 0.2) is 47.4 Å². The van der Waals surface area contributed by atoms with Crippen molar-refractivity contribution >= 4 is 34.4 Å². The van der Waals surface area contributed by atoms with Crippen LogP contribution in [0, 0.1) is 6.92 Å². The number of nitrogens with one attached hydrogen (secondary N) is 2. The molecule has 0 bridgehead atoms. The first-order chi connectivity index (χ1) is 17.6. The summed E-state index contributed by atoms with van der Waals surface area (Å²) in [6.45, 7) is 9.22. The summed E-state index contributed by atoms with van der Waals surface area (Å²) in [6.07, 6.45) is 1.08. The highest BCUT2D eigenvalue weighted by molar-refractivity contribution is 6.08. The molecule has 1 aromatic carbocycles. The van der Waals surface area contributed by atoms with Gasteiger partial charge in [-0.15, -0.1) is 0 Å². The van der Waals surface area contributed by atoms with Crippen molar-refractivity contribution in [3.63, 3.8) is 0 Å². The number of aryl methyl sites for hydroxylation is 1.